The molecule has 0 amide bonds. The van der Waals surface area contributed by atoms with E-state index >= 15 is 0 Å². The van der Waals surface area contributed by atoms with Gasteiger partial charge in [-0.15, -0.1) is 0 Å². The first-order chi connectivity index (χ1) is 31.5. The molecule has 0 bridgehead atoms. The van der Waals surface area contributed by atoms with Crippen LogP contribution in [0.2, 0.25) is 0 Å². The van der Waals surface area contributed by atoms with Gasteiger partial charge in [0.15, 0.2) is 0 Å². The zero-order chi connectivity index (χ0) is 42.5. The summed E-state index contributed by atoms with van der Waals surface area (Å²) in [7, 11) is 0. The van der Waals surface area contributed by atoms with Crippen molar-refractivity contribution in [1.82, 2.24) is 4.57 Å². The first-order valence-corrected chi connectivity index (χ1v) is 22.2. The van der Waals surface area contributed by atoms with Gasteiger partial charge in [0.05, 0.1) is 16.7 Å². The summed E-state index contributed by atoms with van der Waals surface area (Å²) >= 11 is 0. The first kappa shape index (κ1) is 36.5. The minimum Gasteiger partial charge on any atom is -0.456 e. The van der Waals surface area contributed by atoms with Crippen LogP contribution < -0.4 is 4.90 Å². The maximum Gasteiger partial charge on any atom is 0.136 e. The minimum absolute atomic E-state index is 0.117. The van der Waals surface area contributed by atoms with Gasteiger partial charge in [-0.2, -0.15) is 0 Å². The highest BCUT2D eigenvalue weighted by Crippen LogP contribution is 2.52. The molecule has 302 valence electrons. The van der Waals surface area contributed by atoms with E-state index in [0.29, 0.717) is 0 Å². The predicted molar refractivity (Wildman–Crippen MR) is 269 cm³/mol. The van der Waals surface area contributed by atoms with E-state index in [1.165, 1.54) is 66.0 Å². The van der Waals surface area contributed by atoms with Crippen LogP contribution in [-0.4, -0.2) is 4.57 Å². The Balaban J connectivity index is 0.995. The molecule has 0 N–H and O–H groups in total. The largest absolute Gasteiger partial charge is 0.456 e. The Morgan fingerprint density at radius 2 is 1.02 bits per heavy atom. The average molecular weight is 819 g/mol. The molecule has 64 heavy (non-hydrogen) atoms. The lowest BCUT2D eigenvalue weighted by atomic mass is 9.79. The molecular weight excluding hydrogens is 777 g/mol. The maximum atomic E-state index is 6.47. The second-order valence-corrected chi connectivity index (χ2v) is 17.7. The van der Waals surface area contributed by atoms with Crippen LogP contribution in [0.4, 0.5) is 17.1 Å². The monoisotopic (exact) mass is 818 g/mol. The minimum atomic E-state index is -0.117. The van der Waals surface area contributed by atoms with Crippen LogP contribution in [0, 0.1) is 0 Å². The zero-order valence-electron chi connectivity index (χ0n) is 35.6. The van der Waals surface area contributed by atoms with E-state index in [0.717, 1.165) is 55.8 Å². The van der Waals surface area contributed by atoms with Gasteiger partial charge < -0.3 is 13.9 Å². The van der Waals surface area contributed by atoms with Crippen molar-refractivity contribution in [3.8, 4) is 39.1 Å². The molecule has 1 aliphatic rings. The highest BCUT2D eigenvalue weighted by Gasteiger charge is 2.37. The molecular formula is C61H42N2O. The molecule has 2 aromatic heterocycles. The van der Waals surface area contributed by atoms with E-state index in [1.54, 1.807) is 0 Å². The lowest BCUT2D eigenvalue weighted by molar-refractivity contribution is 0.662. The summed E-state index contributed by atoms with van der Waals surface area (Å²) in [5, 5.41) is 7.10. The lowest BCUT2D eigenvalue weighted by Gasteiger charge is -2.29. The number of hydrogen-bond acceptors (Lipinski definition) is 2. The number of benzene rings is 10. The van der Waals surface area contributed by atoms with E-state index < -0.39 is 0 Å². The number of aromatic nitrogens is 1. The number of para-hydroxylation sites is 3. The summed E-state index contributed by atoms with van der Waals surface area (Å²) < 4.78 is 8.87. The number of nitrogens with zero attached hydrogens (tertiary/aromatic N) is 2. The van der Waals surface area contributed by atoms with Crippen molar-refractivity contribution in [3.63, 3.8) is 0 Å². The maximum absolute atomic E-state index is 6.47. The van der Waals surface area contributed by atoms with E-state index in [4.69, 9.17) is 4.42 Å². The van der Waals surface area contributed by atoms with Crippen LogP contribution in [0.1, 0.15) is 25.0 Å². The van der Waals surface area contributed by atoms with Crippen molar-refractivity contribution in [2.45, 2.75) is 19.3 Å². The van der Waals surface area contributed by atoms with Gasteiger partial charge in [-0.05, 0) is 123 Å². The predicted octanol–water partition coefficient (Wildman–Crippen LogP) is 16.9. The summed E-state index contributed by atoms with van der Waals surface area (Å²) in [6.45, 7) is 4.73. The van der Waals surface area contributed by atoms with Gasteiger partial charge in [0, 0.05) is 49.6 Å². The topological polar surface area (TPSA) is 21.3 Å². The molecule has 0 spiro atoms. The molecule has 10 aromatic carbocycles. The van der Waals surface area contributed by atoms with E-state index in [2.05, 4.69) is 242 Å². The van der Waals surface area contributed by atoms with Crippen LogP contribution in [-0.2, 0) is 5.41 Å². The Hall–Kier alpha value is -8.14. The molecule has 2 heterocycles. The standard InChI is InChI=1S/C61H42N2O/c1-61(2)54-25-9-5-20-48(54)51-24-14-23-47(60(51)61)39-29-32-43(33-30-39)62(44-17-13-18-45(38-44)63-56-27-11-7-21-49(56)50-22-8-12-28-57(50)63)55-26-10-6-19-46(55)42-31-34-58-52(36-42)53-35-40-15-3-4-16-41(40)37-59(53)64-58/h3-38H,1-2H3. The van der Waals surface area contributed by atoms with Crippen molar-refractivity contribution >= 4 is 71.6 Å². The summed E-state index contributed by atoms with van der Waals surface area (Å²) in [6.07, 6.45) is 0. The highest BCUT2D eigenvalue weighted by molar-refractivity contribution is 6.12. The van der Waals surface area contributed by atoms with Gasteiger partial charge >= 0.3 is 0 Å². The third-order valence-corrected chi connectivity index (χ3v) is 13.7. The molecule has 3 heteroatoms. The lowest BCUT2D eigenvalue weighted by Crippen LogP contribution is -2.16. The molecule has 0 fully saturated rings. The molecule has 3 nitrogen and oxygen atoms in total. The van der Waals surface area contributed by atoms with Gasteiger partial charge in [0.2, 0.25) is 0 Å². The zero-order valence-corrected chi connectivity index (χ0v) is 35.6. The van der Waals surface area contributed by atoms with Crippen molar-refractivity contribution in [2.75, 3.05) is 4.90 Å². The molecule has 0 saturated heterocycles. The summed E-state index contributed by atoms with van der Waals surface area (Å²) in [6, 6.07) is 79.7. The third-order valence-electron chi connectivity index (χ3n) is 13.7. The number of furan rings is 1. The van der Waals surface area contributed by atoms with Crippen LogP contribution in [0.5, 0.6) is 0 Å². The van der Waals surface area contributed by atoms with Crippen molar-refractivity contribution in [3.05, 3.63) is 230 Å². The number of hydrogen-bond donors (Lipinski definition) is 0. The second kappa shape index (κ2) is 13.9. The molecule has 0 saturated carbocycles. The van der Waals surface area contributed by atoms with Crippen LogP contribution >= 0.6 is 0 Å². The molecule has 12 aromatic rings. The molecule has 0 unspecified atom stereocenters. The smallest absolute Gasteiger partial charge is 0.136 e. The SMILES string of the molecule is CC1(C)c2ccccc2-c2cccc(-c3ccc(N(c4cccc(-n5c6ccccc6c6ccccc65)c4)c4ccccc4-c4ccc5oc6cc7ccccc7cc6c5c4)cc3)c21. The first-order valence-electron chi connectivity index (χ1n) is 22.2. The number of rotatable bonds is 6. The fourth-order valence-electron chi connectivity index (χ4n) is 10.8. The molecule has 1 aliphatic carbocycles. The number of anilines is 3. The quantitative estimate of drug-likeness (QED) is 0.167. The van der Waals surface area contributed by atoms with Gasteiger partial charge in [0.1, 0.15) is 11.2 Å². The summed E-state index contributed by atoms with van der Waals surface area (Å²) in [4.78, 5) is 2.43. The van der Waals surface area contributed by atoms with Gasteiger partial charge in [0.25, 0.3) is 0 Å². The fourth-order valence-corrected chi connectivity index (χ4v) is 10.8. The average Bonchev–Trinajstić information content (AvgIpc) is 3.96. The molecule has 0 atom stereocenters. The van der Waals surface area contributed by atoms with Crippen molar-refractivity contribution in [2.24, 2.45) is 0 Å². The highest BCUT2D eigenvalue weighted by atomic mass is 16.3. The Bertz CT molecular complexity index is 3770. The van der Waals surface area contributed by atoms with Crippen LogP contribution in [0.25, 0.3) is 93.6 Å². The molecule has 0 aliphatic heterocycles. The van der Waals surface area contributed by atoms with E-state index in [9.17, 15) is 0 Å². The Morgan fingerprint density at radius 3 is 1.81 bits per heavy atom. The Kier molecular flexibility index (Phi) is 7.95. The van der Waals surface area contributed by atoms with E-state index in [-0.39, 0.29) is 5.41 Å². The van der Waals surface area contributed by atoms with E-state index in [1.807, 2.05) is 0 Å². The second-order valence-electron chi connectivity index (χ2n) is 17.7. The van der Waals surface area contributed by atoms with Crippen LogP contribution in [0.3, 0.4) is 0 Å². The van der Waals surface area contributed by atoms with Crippen LogP contribution in [0.15, 0.2) is 223 Å². The normalized spacial score (nSPS) is 13.0. The molecule has 13 rings (SSSR count). The Labute approximate surface area is 371 Å². The van der Waals surface area contributed by atoms with Gasteiger partial charge in [-0.1, -0.05) is 159 Å². The molecule has 0 radical (unpaired) electrons. The van der Waals surface area contributed by atoms with Gasteiger partial charge in [-0.3, -0.25) is 0 Å². The third kappa shape index (κ3) is 5.47. The number of fused-ring (bicyclic) bond motifs is 10. The fraction of sp³-hybridized carbons (Fsp3) is 0.0492. The van der Waals surface area contributed by atoms with Crippen molar-refractivity contribution in [1.29, 1.82) is 0 Å². The summed E-state index contributed by atoms with van der Waals surface area (Å²) in [5.74, 6) is 0. The summed E-state index contributed by atoms with van der Waals surface area (Å²) in [5.41, 5.74) is 18.6. The van der Waals surface area contributed by atoms with Gasteiger partial charge in [-0.25, -0.2) is 0 Å². The van der Waals surface area contributed by atoms with Crippen molar-refractivity contribution < 1.29 is 4.42 Å². The Morgan fingerprint density at radius 1 is 0.406 bits per heavy atom.